The largest absolute Gasteiger partial charge is 0.308 e. The molecule has 1 N–H and O–H groups in total. The summed E-state index contributed by atoms with van der Waals surface area (Å²) in [6.07, 6.45) is 5.50. The van der Waals surface area contributed by atoms with E-state index in [2.05, 4.69) is 50.1 Å². The minimum absolute atomic E-state index is 0.407. The van der Waals surface area contributed by atoms with Crippen LogP contribution < -0.4 is 5.32 Å². The summed E-state index contributed by atoms with van der Waals surface area (Å²) in [6, 6.07) is 4.68. The Morgan fingerprint density at radius 2 is 1.94 bits per heavy atom. The van der Waals surface area contributed by atoms with Crippen molar-refractivity contribution in [3.63, 3.8) is 0 Å². The first-order valence-electron chi connectivity index (χ1n) is 6.88. The van der Waals surface area contributed by atoms with Gasteiger partial charge in [-0.3, -0.25) is 4.98 Å². The lowest BCUT2D eigenvalue weighted by molar-refractivity contribution is 0.335. The summed E-state index contributed by atoms with van der Waals surface area (Å²) < 4.78 is 0. The van der Waals surface area contributed by atoms with Gasteiger partial charge in [0.25, 0.3) is 0 Å². The predicted molar refractivity (Wildman–Crippen MR) is 74.1 cm³/mol. The first-order valence-corrected chi connectivity index (χ1v) is 6.88. The molecule has 0 bridgehead atoms. The van der Waals surface area contributed by atoms with E-state index in [0.29, 0.717) is 12.0 Å². The van der Waals surface area contributed by atoms with Gasteiger partial charge < -0.3 is 5.32 Å². The third kappa shape index (κ3) is 4.12. The fourth-order valence-electron chi connectivity index (χ4n) is 2.30. The van der Waals surface area contributed by atoms with Crippen molar-refractivity contribution in [1.29, 1.82) is 0 Å². The second-order valence-corrected chi connectivity index (χ2v) is 4.77. The Labute approximate surface area is 106 Å². The van der Waals surface area contributed by atoms with Gasteiger partial charge in [0.1, 0.15) is 0 Å². The average molecular weight is 234 g/mol. The molecule has 0 saturated heterocycles. The Hall–Kier alpha value is -0.890. The minimum atomic E-state index is 0.407. The van der Waals surface area contributed by atoms with Gasteiger partial charge in [-0.1, -0.05) is 33.6 Å². The first kappa shape index (κ1) is 14.2. The molecule has 1 atom stereocenters. The molecule has 17 heavy (non-hydrogen) atoms. The summed E-state index contributed by atoms with van der Waals surface area (Å²) in [7, 11) is 0. The number of rotatable bonds is 7. The molecule has 0 aliphatic carbocycles. The molecule has 0 fully saturated rings. The zero-order valence-electron chi connectivity index (χ0n) is 11.7. The summed E-state index contributed by atoms with van der Waals surface area (Å²) in [6.45, 7) is 9.95. The molecule has 2 nitrogen and oxygen atoms in total. The molecule has 1 unspecified atom stereocenters. The molecule has 1 aromatic rings. The fraction of sp³-hybridized carbons (Fsp3) is 0.667. The van der Waals surface area contributed by atoms with Crippen molar-refractivity contribution in [3.8, 4) is 0 Å². The van der Waals surface area contributed by atoms with Gasteiger partial charge in [0.2, 0.25) is 0 Å². The average Bonchev–Trinajstić information content (AvgIpc) is 2.34. The maximum atomic E-state index is 4.55. The van der Waals surface area contributed by atoms with E-state index in [-0.39, 0.29) is 0 Å². The summed E-state index contributed by atoms with van der Waals surface area (Å²) in [5, 5.41) is 3.65. The van der Waals surface area contributed by atoms with Crippen LogP contribution in [0.2, 0.25) is 0 Å². The van der Waals surface area contributed by atoms with Crippen LogP contribution in [0, 0.1) is 12.8 Å². The molecule has 2 heteroatoms. The van der Waals surface area contributed by atoms with Gasteiger partial charge >= 0.3 is 0 Å². The first-order chi connectivity index (χ1) is 8.22. The number of aromatic nitrogens is 1. The number of pyridine rings is 1. The lowest BCUT2D eigenvalue weighted by Gasteiger charge is -2.26. The molecule has 1 rings (SSSR count). The van der Waals surface area contributed by atoms with Crippen LogP contribution >= 0.6 is 0 Å². The molecule has 1 heterocycles. The Bertz CT molecular complexity index is 318. The second-order valence-electron chi connectivity index (χ2n) is 4.77. The van der Waals surface area contributed by atoms with Crippen LogP contribution in [0.5, 0.6) is 0 Å². The Balaban J connectivity index is 2.88. The SMILES string of the molecule is CCCNC(c1cc(C)ccn1)C(CC)CC. The lowest BCUT2D eigenvalue weighted by atomic mass is 9.91. The molecular formula is C15H26N2. The van der Waals surface area contributed by atoms with Gasteiger partial charge in [0.15, 0.2) is 0 Å². The van der Waals surface area contributed by atoms with Crippen LogP contribution in [0.1, 0.15) is 57.3 Å². The molecule has 0 spiro atoms. The monoisotopic (exact) mass is 234 g/mol. The molecule has 96 valence electrons. The smallest absolute Gasteiger partial charge is 0.0578 e. The number of aryl methyl sites for hydroxylation is 1. The summed E-state index contributed by atoms with van der Waals surface area (Å²) in [5.41, 5.74) is 2.50. The molecule has 0 aliphatic rings. The van der Waals surface area contributed by atoms with E-state index >= 15 is 0 Å². The normalized spacial score (nSPS) is 13.0. The third-order valence-electron chi connectivity index (χ3n) is 3.39. The molecule has 0 aromatic carbocycles. The van der Waals surface area contributed by atoms with Crippen LogP contribution in [0.3, 0.4) is 0 Å². The standard InChI is InChI=1S/C15H26N2/c1-5-9-17-15(13(6-2)7-3)14-11-12(4)8-10-16-14/h8,10-11,13,15,17H,5-7,9H2,1-4H3. The van der Waals surface area contributed by atoms with Crippen LogP contribution in [-0.2, 0) is 0 Å². The predicted octanol–water partition coefficient (Wildman–Crippen LogP) is 3.87. The maximum absolute atomic E-state index is 4.55. The van der Waals surface area contributed by atoms with E-state index in [1.807, 2.05) is 6.20 Å². The van der Waals surface area contributed by atoms with E-state index in [1.165, 1.54) is 30.5 Å². The van der Waals surface area contributed by atoms with E-state index < -0.39 is 0 Å². The number of hydrogen-bond donors (Lipinski definition) is 1. The quantitative estimate of drug-likeness (QED) is 0.774. The van der Waals surface area contributed by atoms with Gasteiger partial charge in [-0.05, 0) is 43.5 Å². The van der Waals surface area contributed by atoms with Crippen LogP contribution in [0.4, 0.5) is 0 Å². The van der Waals surface area contributed by atoms with E-state index in [4.69, 9.17) is 0 Å². The summed E-state index contributed by atoms with van der Waals surface area (Å²) in [5.74, 6) is 0.677. The van der Waals surface area contributed by atoms with E-state index in [0.717, 1.165) is 6.54 Å². The highest BCUT2D eigenvalue weighted by Gasteiger charge is 2.20. The van der Waals surface area contributed by atoms with Crippen molar-refractivity contribution in [2.75, 3.05) is 6.54 Å². The molecule has 0 aliphatic heterocycles. The zero-order valence-corrected chi connectivity index (χ0v) is 11.7. The summed E-state index contributed by atoms with van der Waals surface area (Å²) in [4.78, 5) is 4.55. The molecule has 0 amide bonds. The molecular weight excluding hydrogens is 208 g/mol. The highest BCUT2D eigenvalue weighted by atomic mass is 14.9. The Kier molecular flexibility index (Phi) is 6.20. The van der Waals surface area contributed by atoms with Gasteiger partial charge in [0, 0.05) is 6.20 Å². The second kappa shape index (κ2) is 7.44. The van der Waals surface area contributed by atoms with Gasteiger partial charge in [-0.25, -0.2) is 0 Å². The van der Waals surface area contributed by atoms with Gasteiger partial charge in [0.05, 0.1) is 11.7 Å². The minimum Gasteiger partial charge on any atom is -0.308 e. The topological polar surface area (TPSA) is 24.9 Å². The van der Waals surface area contributed by atoms with Crippen LogP contribution in [0.25, 0.3) is 0 Å². The zero-order chi connectivity index (χ0) is 12.7. The van der Waals surface area contributed by atoms with E-state index in [9.17, 15) is 0 Å². The molecule has 1 aromatic heterocycles. The molecule has 0 saturated carbocycles. The number of nitrogens with zero attached hydrogens (tertiary/aromatic N) is 1. The summed E-state index contributed by atoms with van der Waals surface area (Å²) >= 11 is 0. The van der Waals surface area contributed by atoms with Crippen molar-refractivity contribution in [2.45, 2.75) is 53.0 Å². The van der Waals surface area contributed by atoms with Crippen molar-refractivity contribution in [3.05, 3.63) is 29.6 Å². The third-order valence-corrected chi connectivity index (χ3v) is 3.39. The van der Waals surface area contributed by atoms with Crippen molar-refractivity contribution >= 4 is 0 Å². The van der Waals surface area contributed by atoms with E-state index in [1.54, 1.807) is 0 Å². The van der Waals surface area contributed by atoms with Crippen molar-refractivity contribution in [1.82, 2.24) is 10.3 Å². The fourth-order valence-corrected chi connectivity index (χ4v) is 2.30. The maximum Gasteiger partial charge on any atom is 0.0578 e. The van der Waals surface area contributed by atoms with Crippen LogP contribution in [0.15, 0.2) is 18.3 Å². The highest BCUT2D eigenvalue weighted by Crippen LogP contribution is 2.26. The highest BCUT2D eigenvalue weighted by molar-refractivity contribution is 5.18. The Morgan fingerprint density at radius 1 is 1.24 bits per heavy atom. The number of hydrogen-bond acceptors (Lipinski definition) is 2. The van der Waals surface area contributed by atoms with Crippen molar-refractivity contribution in [2.24, 2.45) is 5.92 Å². The van der Waals surface area contributed by atoms with Crippen molar-refractivity contribution < 1.29 is 0 Å². The van der Waals surface area contributed by atoms with Crippen LogP contribution in [-0.4, -0.2) is 11.5 Å². The Morgan fingerprint density at radius 3 is 2.47 bits per heavy atom. The molecule has 0 radical (unpaired) electrons. The van der Waals surface area contributed by atoms with Gasteiger partial charge in [-0.2, -0.15) is 0 Å². The number of nitrogens with one attached hydrogen (secondary N) is 1. The lowest BCUT2D eigenvalue weighted by Crippen LogP contribution is -2.29. The van der Waals surface area contributed by atoms with Gasteiger partial charge in [-0.15, -0.1) is 0 Å².